The number of nitrogens with zero attached hydrogens (tertiary/aromatic N) is 2. The molecule has 1 aromatic heterocycles. The molecule has 1 aromatic carbocycles. The predicted octanol–water partition coefficient (Wildman–Crippen LogP) is 5.28. The van der Waals surface area contributed by atoms with Crippen molar-refractivity contribution in [3.63, 3.8) is 0 Å². The van der Waals surface area contributed by atoms with Gasteiger partial charge in [0, 0.05) is 38.5 Å². The number of rotatable bonds is 10. The quantitative estimate of drug-likeness (QED) is 0.545. The summed E-state index contributed by atoms with van der Waals surface area (Å²) in [6.45, 7) is 13.6. The van der Waals surface area contributed by atoms with E-state index in [1.165, 1.54) is 11.1 Å². The molecule has 0 aliphatic rings. The molecule has 1 amide bonds. The summed E-state index contributed by atoms with van der Waals surface area (Å²) in [5.41, 5.74) is 3.93. The van der Waals surface area contributed by atoms with Crippen LogP contribution in [-0.2, 0) is 22.6 Å². The maximum absolute atomic E-state index is 13.0. The molecule has 0 unspecified atom stereocenters. The summed E-state index contributed by atoms with van der Waals surface area (Å²) in [6, 6.07) is 12.8. The summed E-state index contributed by atoms with van der Waals surface area (Å²) in [5.74, 6) is 0.578. The van der Waals surface area contributed by atoms with Gasteiger partial charge >= 0.3 is 0 Å². The van der Waals surface area contributed by atoms with Gasteiger partial charge in [-0.3, -0.25) is 4.79 Å². The minimum atomic E-state index is 0.210. The van der Waals surface area contributed by atoms with Gasteiger partial charge in [-0.05, 0) is 42.4 Å². The third kappa shape index (κ3) is 8.06. The van der Waals surface area contributed by atoms with Crippen molar-refractivity contribution < 1.29 is 9.53 Å². The standard InChI is InChI=1S/C25H38N2O2/c1-20-9-7-10-22(15-20)18-26-12-8-11-23(26)19-27(13-14-29-6)24(28)16-21(2)17-25(3,4)5/h7-12,15,21H,13-14,16-19H2,1-6H3/t21-/m0/s1. The molecule has 0 radical (unpaired) electrons. The molecule has 2 aromatic rings. The number of carbonyl (C=O) groups is 1. The Morgan fingerprint density at radius 1 is 1.21 bits per heavy atom. The Kier molecular flexibility index (Phi) is 8.51. The Bertz CT molecular complexity index is 773. The molecule has 29 heavy (non-hydrogen) atoms. The van der Waals surface area contributed by atoms with Crippen molar-refractivity contribution in [3.8, 4) is 0 Å². The van der Waals surface area contributed by atoms with E-state index in [0.717, 1.165) is 18.7 Å². The van der Waals surface area contributed by atoms with Gasteiger partial charge in [0.15, 0.2) is 0 Å². The van der Waals surface area contributed by atoms with Gasteiger partial charge in [-0.2, -0.15) is 0 Å². The zero-order chi connectivity index (χ0) is 21.4. The van der Waals surface area contributed by atoms with Crippen molar-refractivity contribution >= 4 is 5.91 Å². The van der Waals surface area contributed by atoms with Crippen molar-refractivity contribution in [1.29, 1.82) is 0 Å². The first kappa shape index (κ1) is 23.2. The van der Waals surface area contributed by atoms with E-state index in [1.54, 1.807) is 7.11 Å². The molecule has 0 aliphatic carbocycles. The highest BCUT2D eigenvalue weighted by Crippen LogP contribution is 2.26. The maximum Gasteiger partial charge on any atom is 0.223 e. The van der Waals surface area contributed by atoms with Crippen molar-refractivity contribution in [2.45, 2.75) is 60.5 Å². The Morgan fingerprint density at radius 2 is 1.97 bits per heavy atom. The van der Waals surface area contributed by atoms with Gasteiger partial charge in [-0.15, -0.1) is 0 Å². The zero-order valence-electron chi connectivity index (χ0n) is 19.1. The number of aromatic nitrogens is 1. The molecule has 0 N–H and O–H groups in total. The largest absolute Gasteiger partial charge is 0.383 e. The molecule has 0 saturated carbocycles. The van der Waals surface area contributed by atoms with Gasteiger partial charge in [0.05, 0.1) is 13.2 Å². The first-order valence-electron chi connectivity index (χ1n) is 10.6. The number of hydrogen-bond donors (Lipinski definition) is 0. The SMILES string of the molecule is COCCN(Cc1cccn1Cc1cccc(C)c1)C(=O)C[C@H](C)CC(C)(C)C. The van der Waals surface area contributed by atoms with Gasteiger partial charge in [0.1, 0.15) is 0 Å². The van der Waals surface area contributed by atoms with E-state index in [-0.39, 0.29) is 11.3 Å². The van der Waals surface area contributed by atoms with E-state index in [9.17, 15) is 4.79 Å². The molecule has 1 atom stereocenters. The number of aryl methyl sites for hydroxylation is 1. The molecule has 2 rings (SSSR count). The lowest BCUT2D eigenvalue weighted by Crippen LogP contribution is -2.35. The van der Waals surface area contributed by atoms with Crippen LogP contribution in [0.5, 0.6) is 0 Å². The summed E-state index contributed by atoms with van der Waals surface area (Å²) in [7, 11) is 1.69. The molecule has 0 aliphatic heterocycles. The lowest BCUT2D eigenvalue weighted by atomic mass is 9.84. The van der Waals surface area contributed by atoms with Crippen molar-refractivity contribution in [1.82, 2.24) is 9.47 Å². The van der Waals surface area contributed by atoms with Crippen LogP contribution < -0.4 is 0 Å². The van der Waals surface area contributed by atoms with Crippen LogP contribution in [0.4, 0.5) is 0 Å². The molecule has 160 valence electrons. The summed E-state index contributed by atoms with van der Waals surface area (Å²) >= 11 is 0. The van der Waals surface area contributed by atoms with Crippen LogP contribution >= 0.6 is 0 Å². The van der Waals surface area contributed by atoms with E-state index < -0.39 is 0 Å². The van der Waals surface area contributed by atoms with Crippen LogP contribution in [0.3, 0.4) is 0 Å². The third-order valence-corrected chi connectivity index (χ3v) is 5.11. The Hall–Kier alpha value is -2.07. The number of carbonyl (C=O) groups excluding carboxylic acids is 1. The van der Waals surface area contributed by atoms with Gasteiger partial charge in [0.25, 0.3) is 0 Å². The summed E-state index contributed by atoms with van der Waals surface area (Å²) < 4.78 is 7.50. The van der Waals surface area contributed by atoms with Gasteiger partial charge < -0.3 is 14.2 Å². The predicted molar refractivity (Wildman–Crippen MR) is 120 cm³/mol. The molecule has 1 heterocycles. The molecule has 4 nitrogen and oxygen atoms in total. The summed E-state index contributed by atoms with van der Waals surface area (Å²) in [5, 5.41) is 0. The van der Waals surface area contributed by atoms with Crippen molar-refractivity contribution in [3.05, 3.63) is 59.4 Å². The number of ether oxygens (including phenoxy) is 1. The van der Waals surface area contributed by atoms with Gasteiger partial charge in [-0.1, -0.05) is 57.5 Å². The van der Waals surface area contributed by atoms with Crippen LogP contribution in [0.2, 0.25) is 0 Å². The Balaban J connectivity index is 2.08. The lowest BCUT2D eigenvalue weighted by Gasteiger charge is -2.27. The lowest BCUT2D eigenvalue weighted by molar-refractivity contribution is -0.133. The van der Waals surface area contributed by atoms with Crippen LogP contribution in [0.1, 0.15) is 57.4 Å². The molecule has 0 spiro atoms. The molecular weight excluding hydrogens is 360 g/mol. The number of hydrogen-bond acceptors (Lipinski definition) is 2. The summed E-state index contributed by atoms with van der Waals surface area (Å²) in [4.78, 5) is 15.0. The maximum atomic E-state index is 13.0. The van der Waals surface area contributed by atoms with Gasteiger partial charge in [0.2, 0.25) is 5.91 Å². The van der Waals surface area contributed by atoms with Crippen LogP contribution in [0.25, 0.3) is 0 Å². The topological polar surface area (TPSA) is 34.5 Å². The van der Waals surface area contributed by atoms with Crippen LogP contribution in [0.15, 0.2) is 42.6 Å². The van der Waals surface area contributed by atoms with Gasteiger partial charge in [-0.25, -0.2) is 0 Å². The number of methoxy groups -OCH3 is 1. The van der Waals surface area contributed by atoms with E-state index >= 15 is 0 Å². The highest BCUT2D eigenvalue weighted by Gasteiger charge is 2.21. The third-order valence-electron chi connectivity index (χ3n) is 5.11. The molecule has 0 saturated heterocycles. The van der Waals surface area contributed by atoms with E-state index in [4.69, 9.17) is 4.74 Å². The zero-order valence-corrected chi connectivity index (χ0v) is 19.1. The van der Waals surface area contributed by atoms with E-state index in [0.29, 0.717) is 32.0 Å². The average molecular weight is 399 g/mol. The first-order valence-corrected chi connectivity index (χ1v) is 10.6. The fourth-order valence-corrected chi connectivity index (χ4v) is 3.99. The second-order valence-corrected chi connectivity index (χ2v) is 9.50. The number of amides is 1. The second-order valence-electron chi connectivity index (χ2n) is 9.50. The highest BCUT2D eigenvalue weighted by molar-refractivity contribution is 5.76. The molecule has 0 bridgehead atoms. The first-order chi connectivity index (χ1) is 13.7. The van der Waals surface area contributed by atoms with E-state index in [2.05, 4.69) is 81.8 Å². The normalized spacial score (nSPS) is 12.8. The fraction of sp³-hybridized carbons (Fsp3) is 0.560. The summed E-state index contributed by atoms with van der Waals surface area (Å²) in [6.07, 6.45) is 3.72. The minimum Gasteiger partial charge on any atom is -0.383 e. The average Bonchev–Trinajstić information content (AvgIpc) is 3.03. The highest BCUT2D eigenvalue weighted by atomic mass is 16.5. The monoisotopic (exact) mass is 398 g/mol. The minimum absolute atomic E-state index is 0.210. The smallest absolute Gasteiger partial charge is 0.223 e. The fourth-order valence-electron chi connectivity index (χ4n) is 3.99. The van der Waals surface area contributed by atoms with Crippen LogP contribution in [-0.4, -0.2) is 35.6 Å². The van der Waals surface area contributed by atoms with Crippen molar-refractivity contribution in [2.24, 2.45) is 11.3 Å². The van der Waals surface area contributed by atoms with E-state index in [1.807, 2.05) is 4.90 Å². The number of benzene rings is 1. The Labute approximate surface area is 176 Å². The molecule has 4 heteroatoms. The molecule has 0 fully saturated rings. The molecular formula is C25H38N2O2. The Morgan fingerprint density at radius 3 is 2.62 bits per heavy atom. The van der Waals surface area contributed by atoms with Crippen LogP contribution in [0, 0.1) is 18.3 Å². The second kappa shape index (κ2) is 10.6. The van der Waals surface area contributed by atoms with Crippen molar-refractivity contribution in [2.75, 3.05) is 20.3 Å².